The van der Waals surface area contributed by atoms with Crippen LogP contribution in [0.4, 0.5) is 0 Å². The van der Waals surface area contributed by atoms with Crippen LogP contribution < -0.4 is 5.32 Å². The van der Waals surface area contributed by atoms with Crippen molar-refractivity contribution >= 4 is 11.3 Å². The molecule has 2 atom stereocenters. The van der Waals surface area contributed by atoms with Crippen molar-refractivity contribution < 1.29 is 4.74 Å². The van der Waals surface area contributed by atoms with Gasteiger partial charge >= 0.3 is 0 Å². The molecule has 0 saturated carbocycles. The summed E-state index contributed by atoms with van der Waals surface area (Å²) in [7, 11) is 1.76. The maximum Gasteiger partial charge on any atom is 0.0615 e. The van der Waals surface area contributed by atoms with Crippen molar-refractivity contribution in [1.82, 2.24) is 5.32 Å². The van der Waals surface area contributed by atoms with E-state index in [1.165, 1.54) is 10.4 Å². The first-order valence-corrected chi connectivity index (χ1v) is 6.36. The lowest BCUT2D eigenvalue weighted by molar-refractivity contribution is 0.159. The Morgan fingerprint density at radius 3 is 2.73 bits per heavy atom. The van der Waals surface area contributed by atoms with E-state index >= 15 is 0 Å². The van der Waals surface area contributed by atoms with Crippen molar-refractivity contribution in [3.05, 3.63) is 21.9 Å². The molecule has 0 aliphatic carbocycles. The molecule has 0 aliphatic rings. The summed E-state index contributed by atoms with van der Waals surface area (Å²) < 4.78 is 5.18. The van der Waals surface area contributed by atoms with E-state index in [9.17, 15) is 0 Å². The predicted molar refractivity (Wildman–Crippen MR) is 66.6 cm³/mol. The average molecular weight is 227 g/mol. The Kier molecular flexibility index (Phi) is 5.29. The Hall–Kier alpha value is -0.380. The molecule has 0 bridgehead atoms. The third kappa shape index (κ3) is 3.59. The molecule has 1 rings (SSSR count). The number of hydrogen-bond donors (Lipinski definition) is 1. The van der Waals surface area contributed by atoms with Gasteiger partial charge in [0, 0.05) is 24.1 Å². The number of thiophene rings is 1. The summed E-state index contributed by atoms with van der Waals surface area (Å²) in [6.07, 6.45) is 1.10. The van der Waals surface area contributed by atoms with Gasteiger partial charge < -0.3 is 10.1 Å². The second kappa shape index (κ2) is 6.26. The molecule has 3 heteroatoms. The third-order valence-corrected chi connectivity index (χ3v) is 3.84. The first kappa shape index (κ1) is 12.7. The molecule has 0 amide bonds. The minimum Gasteiger partial charge on any atom is -0.383 e. The van der Waals surface area contributed by atoms with Gasteiger partial charge in [0.05, 0.1) is 6.61 Å². The molecular weight excluding hydrogens is 206 g/mol. The van der Waals surface area contributed by atoms with Crippen LogP contribution in [0.1, 0.15) is 36.8 Å². The van der Waals surface area contributed by atoms with Gasteiger partial charge in [-0.3, -0.25) is 0 Å². The summed E-state index contributed by atoms with van der Waals surface area (Å²) in [6.45, 7) is 7.36. The van der Waals surface area contributed by atoms with Crippen molar-refractivity contribution in [3.63, 3.8) is 0 Å². The highest BCUT2D eigenvalue weighted by atomic mass is 32.1. The van der Waals surface area contributed by atoms with Gasteiger partial charge in [-0.15, -0.1) is 11.3 Å². The maximum absolute atomic E-state index is 5.18. The quantitative estimate of drug-likeness (QED) is 0.806. The number of methoxy groups -OCH3 is 1. The highest BCUT2D eigenvalue weighted by molar-refractivity contribution is 7.10. The lowest BCUT2D eigenvalue weighted by atomic mass is 10.1. The van der Waals surface area contributed by atoms with Crippen molar-refractivity contribution in [2.24, 2.45) is 0 Å². The van der Waals surface area contributed by atoms with Crippen LogP contribution >= 0.6 is 11.3 Å². The molecule has 1 aromatic rings. The summed E-state index contributed by atoms with van der Waals surface area (Å²) in [6, 6.07) is 3.05. The topological polar surface area (TPSA) is 21.3 Å². The average Bonchev–Trinajstić information content (AvgIpc) is 2.63. The SMILES string of the molecule is CC[C@H](COC)N[C@@H](C)c1sccc1C. The van der Waals surface area contributed by atoms with E-state index in [0.29, 0.717) is 12.1 Å². The molecular formula is C12H21NOS. The van der Waals surface area contributed by atoms with Gasteiger partial charge in [-0.05, 0) is 37.3 Å². The van der Waals surface area contributed by atoms with Crippen LogP contribution in [0.3, 0.4) is 0 Å². The minimum atomic E-state index is 0.421. The van der Waals surface area contributed by atoms with E-state index in [0.717, 1.165) is 13.0 Å². The van der Waals surface area contributed by atoms with Crippen LogP contribution in [0.2, 0.25) is 0 Å². The van der Waals surface area contributed by atoms with Gasteiger partial charge in [0.15, 0.2) is 0 Å². The van der Waals surface area contributed by atoms with Crippen LogP contribution in [-0.4, -0.2) is 19.8 Å². The van der Waals surface area contributed by atoms with Gasteiger partial charge in [-0.1, -0.05) is 6.92 Å². The summed E-state index contributed by atoms with van der Waals surface area (Å²) in [5.41, 5.74) is 1.38. The summed E-state index contributed by atoms with van der Waals surface area (Å²) in [5, 5.41) is 5.75. The van der Waals surface area contributed by atoms with Crippen LogP contribution in [0.25, 0.3) is 0 Å². The van der Waals surface area contributed by atoms with E-state index in [1.807, 2.05) is 11.3 Å². The molecule has 1 N–H and O–H groups in total. The zero-order valence-electron chi connectivity index (χ0n) is 10.0. The van der Waals surface area contributed by atoms with Crippen LogP contribution in [0.5, 0.6) is 0 Å². The molecule has 15 heavy (non-hydrogen) atoms. The summed E-state index contributed by atoms with van der Waals surface area (Å²) >= 11 is 1.82. The lowest BCUT2D eigenvalue weighted by Gasteiger charge is -2.21. The number of rotatable bonds is 6. The monoisotopic (exact) mass is 227 g/mol. The van der Waals surface area contributed by atoms with Gasteiger partial charge in [0.25, 0.3) is 0 Å². The zero-order valence-corrected chi connectivity index (χ0v) is 10.9. The van der Waals surface area contributed by atoms with Gasteiger partial charge in [0.1, 0.15) is 0 Å². The Labute approximate surface area is 96.7 Å². The molecule has 0 radical (unpaired) electrons. The predicted octanol–water partition coefficient (Wildman–Crippen LogP) is 3.13. The molecule has 0 aliphatic heterocycles. The van der Waals surface area contributed by atoms with Crippen LogP contribution in [0.15, 0.2) is 11.4 Å². The Balaban J connectivity index is 2.54. The van der Waals surface area contributed by atoms with E-state index < -0.39 is 0 Å². The molecule has 0 aromatic carbocycles. The van der Waals surface area contributed by atoms with E-state index in [4.69, 9.17) is 4.74 Å². The van der Waals surface area contributed by atoms with Crippen molar-refractivity contribution in [1.29, 1.82) is 0 Å². The van der Waals surface area contributed by atoms with E-state index in [-0.39, 0.29) is 0 Å². The molecule has 86 valence electrons. The second-order valence-electron chi connectivity index (χ2n) is 3.92. The molecule has 0 saturated heterocycles. The molecule has 1 aromatic heterocycles. The van der Waals surface area contributed by atoms with Gasteiger partial charge in [0.2, 0.25) is 0 Å². The smallest absolute Gasteiger partial charge is 0.0615 e. The summed E-state index contributed by atoms with van der Waals surface area (Å²) in [4.78, 5) is 1.43. The highest BCUT2D eigenvalue weighted by Crippen LogP contribution is 2.23. The normalized spacial score (nSPS) is 15.2. The lowest BCUT2D eigenvalue weighted by Crippen LogP contribution is -2.34. The first-order valence-electron chi connectivity index (χ1n) is 5.48. The van der Waals surface area contributed by atoms with E-state index in [1.54, 1.807) is 7.11 Å². The molecule has 0 spiro atoms. The first-order chi connectivity index (χ1) is 7.19. The maximum atomic E-state index is 5.18. The molecule has 0 unspecified atom stereocenters. The fourth-order valence-electron chi connectivity index (χ4n) is 1.74. The number of ether oxygens (including phenoxy) is 1. The third-order valence-electron chi connectivity index (χ3n) is 2.64. The second-order valence-corrected chi connectivity index (χ2v) is 4.86. The fourth-order valence-corrected chi connectivity index (χ4v) is 2.69. The molecule has 1 heterocycles. The Morgan fingerprint density at radius 1 is 1.53 bits per heavy atom. The summed E-state index contributed by atoms with van der Waals surface area (Å²) in [5.74, 6) is 0. The highest BCUT2D eigenvalue weighted by Gasteiger charge is 2.13. The van der Waals surface area contributed by atoms with E-state index in [2.05, 4.69) is 37.5 Å². The molecule has 2 nitrogen and oxygen atoms in total. The Bertz CT molecular complexity index is 285. The van der Waals surface area contributed by atoms with Gasteiger partial charge in [-0.25, -0.2) is 0 Å². The van der Waals surface area contributed by atoms with Gasteiger partial charge in [-0.2, -0.15) is 0 Å². The molecule has 0 fully saturated rings. The van der Waals surface area contributed by atoms with Crippen LogP contribution in [0, 0.1) is 6.92 Å². The fraction of sp³-hybridized carbons (Fsp3) is 0.667. The van der Waals surface area contributed by atoms with Crippen molar-refractivity contribution in [3.8, 4) is 0 Å². The standard InChI is InChI=1S/C12H21NOS/c1-5-11(8-14-4)13-10(3)12-9(2)6-7-15-12/h6-7,10-11,13H,5,8H2,1-4H3/t10-,11+/m0/s1. The number of aryl methyl sites for hydroxylation is 1. The largest absolute Gasteiger partial charge is 0.383 e. The zero-order chi connectivity index (χ0) is 11.3. The Morgan fingerprint density at radius 2 is 2.27 bits per heavy atom. The number of hydrogen-bond acceptors (Lipinski definition) is 3. The minimum absolute atomic E-state index is 0.421. The van der Waals surface area contributed by atoms with Crippen LogP contribution in [-0.2, 0) is 4.74 Å². The van der Waals surface area contributed by atoms with Crippen molar-refractivity contribution in [2.45, 2.75) is 39.3 Å². The van der Waals surface area contributed by atoms with Crippen molar-refractivity contribution in [2.75, 3.05) is 13.7 Å². The number of nitrogens with one attached hydrogen (secondary N) is 1.